The first-order valence-corrected chi connectivity index (χ1v) is 5.74. The van der Waals surface area contributed by atoms with Gasteiger partial charge in [-0.15, -0.1) is 0 Å². The summed E-state index contributed by atoms with van der Waals surface area (Å²) in [4.78, 5) is 4.29. The molecule has 0 fully saturated rings. The summed E-state index contributed by atoms with van der Waals surface area (Å²) in [6.07, 6.45) is 3.51. The number of aromatic nitrogens is 3. The van der Waals surface area contributed by atoms with Crippen molar-refractivity contribution in [2.75, 3.05) is 0 Å². The van der Waals surface area contributed by atoms with E-state index in [1.807, 2.05) is 26.1 Å². The molecule has 4 nitrogen and oxygen atoms in total. The SMILES string of the molecule is Cc1ccnc(C(N)c2c(Br)cnn2C)c1. The van der Waals surface area contributed by atoms with Crippen molar-refractivity contribution in [2.45, 2.75) is 13.0 Å². The lowest BCUT2D eigenvalue weighted by molar-refractivity contribution is 0.661. The van der Waals surface area contributed by atoms with Crippen LogP contribution in [0.4, 0.5) is 0 Å². The van der Waals surface area contributed by atoms with Gasteiger partial charge in [-0.1, -0.05) is 0 Å². The summed E-state index contributed by atoms with van der Waals surface area (Å²) in [6, 6.07) is 3.68. The van der Waals surface area contributed by atoms with Crippen LogP contribution in [0.1, 0.15) is 23.0 Å². The van der Waals surface area contributed by atoms with Crippen LogP contribution in [-0.2, 0) is 7.05 Å². The van der Waals surface area contributed by atoms with E-state index in [1.165, 1.54) is 0 Å². The van der Waals surface area contributed by atoms with Crippen LogP contribution in [0.25, 0.3) is 0 Å². The average Bonchev–Trinajstić information content (AvgIpc) is 2.58. The number of hydrogen-bond donors (Lipinski definition) is 1. The second kappa shape index (κ2) is 4.35. The standard InChI is InChI=1S/C11H13BrN4/c1-7-3-4-14-9(5-7)10(13)11-8(12)6-15-16(11)2/h3-6,10H,13H2,1-2H3. The summed E-state index contributed by atoms with van der Waals surface area (Å²) < 4.78 is 2.67. The maximum Gasteiger partial charge on any atom is 0.0908 e. The molecule has 84 valence electrons. The second-order valence-corrected chi connectivity index (χ2v) is 4.59. The van der Waals surface area contributed by atoms with Gasteiger partial charge in [0.25, 0.3) is 0 Å². The van der Waals surface area contributed by atoms with Crippen LogP contribution >= 0.6 is 15.9 Å². The quantitative estimate of drug-likeness (QED) is 0.915. The minimum atomic E-state index is -0.262. The summed E-state index contributed by atoms with van der Waals surface area (Å²) in [5.41, 5.74) is 9.11. The Bertz CT molecular complexity index is 487. The van der Waals surface area contributed by atoms with Gasteiger partial charge in [0.15, 0.2) is 0 Å². The fourth-order valence-corrected chi connectivity index (χ4v) is 2.23. The lowest BCUT2D eigenvalue weighted by atomic mass is 10.1. The van der Waals surface area contributed by atoms with Crippen molar-refractivity contribution in [1.82, 2.24) is 14.8 Å². The zero-order valence-electron chi connectivity index (χ0n) is 9.18. The van der Waals surface area contributed by atoms with Gasteiger partial charge in [-0.2, -0.15) is 5.10 Å². The number of pyridine rings is 1. The van der Waals surface area contributed by atoms with E-state index in [0.29, 0.717) is 0 Å². The van der Waals surface area contributed by atoms with Crippen molar-refractivity contribution >= 4 is 15.9 Å². The second-order valence-electron chi connectivity index (χ2n) is 3.74. The van der Waals surface area contributed by atoms with E-state index >= 15 is 0 Å². The fraction of sp³-hybridized carbons (Fsp3) is 0.273. The first-order chi connectivity index (χ1) is 7.59. The number of rotatable bonds is 2. The Morgan fingerprint density at radius 3 is 2.81 bits per heavy atom. The molecule has 0 saturated heterocycles. The topological polar surface area (TPSA) is 56.7 Å². The molecule has 0 spiro atoms. The minimum Gasteiger partial charge on any atom is -0.318 e. The number of halogens is 1. The van der Waals surface area contributed by atoms with Crippen LogP contribution in [0.5, 0.6) is 0 Å². The lowest BCUT2D eigenvalue weighted by Gasteiger charge is -2.12. The van der Waals surface area contributed by atoms with Gasteiger partial charge < -0.3 is 5.73 Å². The van der Waals surface area contributed by atoms with Crippen molar-refractivity contribution in [3.8, 4) is 0 Å². The maximum absolute atomic E-state index is 6.18. The molecule has 16 heavy (non-hydrogen) atoms. The van der Waals surface area contributed by atoms with Crippen LogP contribution < -0.4 is 5.73 Å². The molecule has 0 aliphatic rings. The highest BCUT2D eigenvalue weighted by atomic mass is 79.9. The van der Waals surface area contributed by atoms with Gasteiger partial charge >= 0.3 is 0 Å². The molecule has 1 unspecified atom stereocenters. The van der Waals surface area contributed by atoms with E-state index in [-0.39, 0.29) is 6.04 Å². The summed E-state index contributed by atoms with van der Waals surface area (Å²) in [7, 11) is 1.87. The van der Waals surface area contributed by atoms with Crippen molar-refractivity contribution < 1.29 is 0 Å². The van der Waals surface area contributed by atoms with E-state index in [2.05, 4.69) is 26.0 Å². The highest BCUT2D eigenvalue weighted by molar-refractivity contribution is 9.10. The average molecular weight is 281 g/mol. The molecular formula is C11H13BrN4. The van der Waals surface area contributed by atoms with Crippen LogP contribution in [0, 0.1) is 6.92 Å². The largest absolute Gasteiger partial charge is 0.318 e. The Labute approximate surface area is 103 Å². The van der Waals surface area contributed by atoms with Gasteiger partial charge in [-0.05, 0) is 40.5 Å². The highest BCUT2D eigenvalue weighted by Gasteiger charge is 2.17. The lowest BCUT2D eigenvalue weighted by Crippen LogP contribution is -2.17. The molecule has 0 aromatic carbocycles. The van der Waals surface area contributed by atoms with Gasteiger partial charge in [0, 0.05) is 13.2 Å². The Morgan fingerprint density at radius 2 is 2.25 bits per heavy atom. The van der Waals surface area contributed by atoms with E-state index in [4.69, 9.17) is 5.73 Å². The first kappa shape index (κ1) is 11.3. The van der Waals surface area contributed by atoms with Crippen molar-refractivity contribution in [3.63, 3.8) is 0 Å². The van der Waals surface area contributed by atoms with Gasteiger partial charge in [-0.3, -0.25) is 9.67 Å². The van der Waals surface area contributed by atoms with Crippen molar-refractivity contribution in [3.05, 3.63) is 46.0 Å². The van der Waals surface area contributed by atoms with Crippen LogP contribution in [0.15, 0.2) is 29.0 Å². The van der Waals surface area contributed by atoms with E-state index in [0.717, 1.165) is 21.4 Å². The third kappa shape index (κ3) is 2.01. The molecule has 2 heterocycles. The fourth-order valence-electron chi connectivity index (χ4n) is 1.64. The van der Waals surface area contributed by atoms with E-state index in [9.17, 15) is 0 Å². The molecule has 5 heteroatoms. The zero-order chi connectivity index (χ0) is 11.7. The molecule has 2 aromatic rings. The molecule has 0 bridgehead atoms. The predicted octanol–water partition coefficient (Wildman–Crippen LogP) is 1.93. The van der Waals surface area contributed by atoms with Crippen LogP contribution in [-0.4, -0.2) is 14.8 Å². The maximum atomic E-state index is 6.18. The Balaban J connectivity index is 2.43. The molecular weight excluding hydrogens is 268 g/mol. The van der Waals surface area contributed by atoms with Crippen molar-refractivity contribution in [1.29, 1.82) is 0 Å². The molecule has 2 aromatic heterocycles. The Morgan fingerprint density at radius 1 is 1.50 bits per heavy atom. The third-order valence-corrected chi connectivity index (χ3v) is 3.10. The minimum absolute atomic E-state index is 0.262. The molecule has 2 rings (SSSR count). The summed E-state index contributed by atoms with van der Waals surface area (Å²) in [5.74, 6) is 0. The third-order valence-electron chi connectivity index (χ3n) is 2.49. The van der Waals surface area contributed by atoms with Crippen LogP contribution in [0.3, 0.4) is 0 Å². The molecule has 0 aliphatic carbocycles. The zero-order valence-corrected chi connectivity index (χ0v) is 10.8. The summed E-state index contributed by atoms with van der Waals surface area (Å²) >= 11 is 3.44. The number of aryl methyl sites for hydroxylation is 2. The van der Waals surface area contributed by atoms with Gasteiger partial charge in [0.1, 0.15) is 0 Å². The monoisotopic (exact) mass is 280 g/mol. The number of hydrogen-bond acceptors (Lipinski definition) is 3. The van der Waals surface area contributed by atoms with E-state index < -0.39 is 0 Å². The molecule has 1 atom stereocenters. The van der Waals surface area contributed by atoms with Crippen LogP contribution in [0.2, 0.25) is 0 Å². The first-order valence-electron chi connectivity index (χ1n) is 4.95. The molecule has 0 saturated carbocycles. The van der Waals surface area contributed by atoms with Gasteiger partial charge in [0.05, 0.1) is 28.1 Å². The van der Waals surface area contributed by atoms with Crippen molar-refractivity contribution in [2.24, 2.45) is 12.8 Å². The summed E-state index contributed by atoms with van der Waals surface area (Å²) in [6.45, 7) is 2.02. The number of nitrogens with zero attached hydrogens (tertiary/aromatic N) is 3. The predicted molar refractivity (Wildman–Crippen MR) is 65.9 cm³/mol. The smallest absolute Gasteiger partial charge is 0.0908 e. The van der Waals surface area contributed by atoms with Gasteiger partial charge in [-0.25, -0.2) is 0 Å². The molecule has 0 radical (unpaired) electrons. The molecule has 0 amide bonds. The number of nitrogens with two attached hydrogens (primary N) is 1. The highest BCUT2D eigenvalue weighted by Crippen LogP contribution is 2.25. The Kier molecular flexibility index (Phi) is 3.07. The Hall–Kier alpha value is -1.20. The normalized spacial score (nSPS) is 12.8. The summed E-state index contributed by atoms with van der Waals surface area (Å²) in [5, 5.41) is 4.15. The molecule has 0 aliphatic heterocycles. The van der Waals surface area contributed by atoms with Gasteiger partial charge in [0.2, 0.25) is 0 Å². The van der Waals surface area contributed by atoms with E-state index in [1.54, 1.807) is 17.1 Å². The molecule has 2 N–H and O–H groups in total.